The van der Waals surface area contributed by atoms with Gasteiger partial charge in [0.25, 0.3) is 5.56 Å². The summed E-state index contributed by atoms with van der Waals surface area (Å²) in [5, 5.41) is 28.3. The minimum atomic E-state index is -1.42. The van der Waals surface area contributed by atoms with Crippen LogP contribution < -0.4 is 11.2 Å². The second kappa shape index (κ2) is 7.89. The Kier molecular flexibility index (Phi) is 6.76. The van der Waals surface area contributed by atoms with Crippen molar-refractivity contribution in [2.75, 3.05) is 6.61 Å². The summed E-state index contributed by atoms with van der Waals surface area (Å²) in [6, 6.07) is 0. The van der Waals surface area contributed by atoms with Crippen LogP contribution in [0.25, 0.3) is 0 Å². The van der Waals surface area contributed by atoms with E-state index in [9.17, 15) is 19.8 Å². The highest BCUT2D eigenvalue weighted by atomic mass is 35.5. The molecule has 0 saturated carbocycles. The molecular formula is C13H21ClN2O6. The molecule has 0 spiro atoms. The van der Waals surface area contributed by atoms with Crippen molar-refractivity contribution < 1.29 is 20.1 Å². The number of aliphatic hydroxyl groups is 3. The van der Waals surface area contributed by atoms with E-state index < -0.39 is 42.3 Å². The van der Waals surface area contributed by atoms with E-state index in [1.165, 1.54) is 13.5 Å². The Morgan fingerprint density at radius 1 is 1.27 bits per heavy atom. The Balaban J connectivity index is 0.000000745. The molecule has 1 saturated heterocycles. The number of nitrogens with one attached hydrogen (secondary N) is 1. The van der Waals surface area contributed by atoms with Crippen LogP contribution >= 0.6 is 11.6 Å². The van der Waals surface area contributed by atoms with Gasteiger partial charge in [-0.2, -0.15) is 0 Å². The van der Waals surface area contributed by atoms with Gasteiger partial charge in [0, 0.05) is 7.05 Å². The zero-order valence-corrected chi connectivity index (χ0v) is 13.4. The van der Waals surface area contributed by atoms with Crippen molar-refractivity contribution in [2.45, 2.75) is 44.7 Å². The van der Waals surface area contributed by atoms with Crippen molar-refractivity contribution in [3.05, 3.63) is 31.6 Å². The highest BCUT2D eigenvalue weighted by molar-refractivity contribution is 6.30. The van der Waals surface area contributed by atoms with E-state index in [-0.39, 0.29) is 10.7 Å². The van der Waals surface area contributed by atoms with Crippen LogP contribution in [0.2, 0.25) is 5.15 Å². The van der Waals surface area contributed by atoms with Crippen LogP contribution in [0.1, 0.15) is 31.9 Å². The Morgan fingerprint density at radius 2 is 1.82 bits per heavy atom. The van der Waals surface area contributed by atoms with Gasteiger partial charge in [-0.1, -0.05) is 31.9 Å². The molecule has 1 aliphatic heterocycles. The smallest absolute Gasteiger partial charge is 0.329 e. The van der Waals surface area contributed by atoms with Gasteiger partial charge in [-0.05, 0) is 0 Å². The number of hydrogen-bond donors (Lipinski definition) is 4. The Bertz CT molecular complexity index is 614. The normalized spacial score (nSPS) is 27.4. The minimum absolute atomic E-state index is 0.161. The summed E-state index contributed by atoms with van der Waals surface area (Å²) < 4.78 is 6.19. The van der Waals surface area contributed by atoms with Gasteiger partial charge in [0.2, 0.25) is 0 Å². The number of aromatic nitrogens is 2. The van der Waals surface area contributed by atoms with E-state index in [1.807, 2.05) is 4.98 Å². The zero-order chi connectivity index (χ0) is 17.0. The average molecular weight is 337 g/mol. The fourth-order valence-electron chi connectivity index (χ4n) is 2.00. The van der Waals surface area contributed by atoms with Gasteiger partial charge in [-0.15, -0.1) is 0 Å². The number of nitrogens with zero attached hydrogens (tertiary/aromatic N) is 1. The molecule has 4 unspecified atom stereocenters. The van der Waals surface area contributed by atoms with E-state index in [1.54, 1.807) is 0 Å². The molecule has 126 valence electrons. The number of aromatic amines is 1. The zero-order valence-electron chi connectivity index (χ0n) is 12.6. The molecule has 0 aliphatic carbocycles. The topological polar surface area (TPSA) is 125 Å². The molecule has 4 N–H and O–H groups in total. The molecule has 4 atom stereocenters. The maximum Gasteiger partial charge on any atom is 0.329 e. The minimum Gasteiger partial charge on any atom is -0.394 e. The molecular weight excluding hydrogens is 316 g/mol. The third-order valence-electron chi connectivity index (χ3n) is 3.11. The summed E-state index contributed by atoms with van der Waals surface area (Å²) in [7, 11) is 1.34. The van der Waals surface area contributed by atoms with Crippen molar-refractivity contribution >= 4 is 11.6 Å². The van der Waals surface area contributed by atoms with Gasteiger partial charge < -0.3 is 20.1 Å². The number of halogens is 1. The SMILES string of the molecule is CCC.Cn1c(Cl)c(C2OC(CO)C(O)C2O)c(=O)[nH]c1=O. The van der Waals surface area contributed by atoms with Gasteiger partial charge in [0.1, 0.15) is 29.6 Å². The van der Waals surface area contributed by atoms with E-state index in [2.05, 4.69) is 13.8 Å². The second-order valence-corrected chi connectivity index (χ2v) is 5.35. The first-order chi connectivity index (χ1) is 10.3. The third-order valence-corrected chi connectivity index (χ3v) is 3.57. The molecule has 22 heavy (non-hydrogen) atoms. The number of hydrogen-bond acceptors (Lipinski definition) is 6. The van der Waals surface area contributed by atoms with Crippen LogP contribution in [-0.2, 0) is 11.8 Å². The molecule has 9 heteroatoms. The van der Waals surface area contributed by atoms with Gasteiger partial charge in [-0.25, -0.2) is 4.79 Å². The van der Waals surface area contributed by atoms with Crippen LogP contribution in [0.4, 0.5) is 0 Å². The monoisotopic (exact) mass is 336 g/mol. The highest BCUT2D eigenvalue weighted by Gasteiger charge is 2.45. The lowest BCUT2D eigenvalue weighted by Crippen LogP contribution is -2.36. The largest absolute Gasteiger partial charge is 0.394 e. The van der Waals surface area contributed by atoms with Crippen molar-refractivity contribution in [3.8, 4) is 0 Å². The average Bonchev–Trinajstić information content (AvgIpc) is 2.74. The van der Waals surface area contributed by atoms with Gasteiger partial charge in [0.05, 0.1) is 12.2 Å². The first kappa shape index (κ1) is 18.9. The van der Waals surface area contributed by atoms with E-state index in [0.29, 0.717) is 0 Å². The summed E-state index contributed by atoms with van der Waals surface area (Å²) >= 11 is 5.90. The Hall–Kier alpha value is -1.19. The number of aliphatic hydroxyl groups excluding tert-OH is 3. The molecule has 0 radical (unpaired) electrons. The van der Waals surface area contributed by atoms with Crippen molar-refractivity contribution in [1.29, 1.82) is 0 Å². The summed E-state index contributed by atoms with van der Waals surface area (Å²) in [6.07, 6.45) is -3.75. The molecule has 0 aromatic carbocycles. The maximum atomic E-state index is 11.8. The van der Waals surface area contributed by atoms with Gasteiger partial charge in [0.15, 0.2) is 0 Å². The predicted octanol–water partition coefficient (Wildman–Crippen LogP) is -0.703. The Labute approximate surface area is 131 Å². The molecule has 8 nitrogen and oxygen atoms in total. The molecule has 1 aromatic rings. The number of H-pyrrole nitrogens is 1. The summed E-state index contributed by atoms with van der Waals surface area (Å²) in [6.45, 7) is 3.73. The summed E-state index contributed by atoms with van der Waals surface area (Å²) in [5.74, 6) is 0. The lowest BCUT2D eigenvalue weighted by atomic mass is 10.0. The maximum absolute atomic E-state index is 11.8. The van der Waals surface area contributed by atoms with E-state index >= 15 is 0 Å². The highest BCUT2D eigenvalue weighted by Crippen LogP contribution is 2.34. The third kappa shape index (κ3) is 3.58. The van der Waals surface area contributed by atoms with Crippen LogP contribution in [0.5, 0.6) is 0 Å². The lowest BCUT2D eigenvalue weighted by Gasteiger charge is -2.16. The summed E-state index contributed by atoms with van der Waals surface area (Å²) in [5.41, 5.74) is -1.67. The second-order valence-electron chi connectivity index (χ2n) is 4.99. The molecule has 1 fully saturated rings. The molecule has 2 heterocycles. The quantitative estimate of drug-likeness (QED) is 0.529. The standard InChI is InChI=1S/C10H13ClN2O6.C3H8/c1-13-8(11)4(9(17)12-10(13)18)7-6(16)5(15)3(2-14)19-7;1-3-2/h3,5-7,14-16H,2H2,1H3,(H,12,17,18);3H2,1-2H3. The van der Waals surface area contributed by atoms with Crippen LogP contribution in [0.3, 0.4) is 0 Å². The lowest BCUT2D eigenvalue weighted by molar-refractivity contribution is -0.0233. The number of ether oxygens (including phenoxy) is 1. The van der Waals surface area contributed by atoms with Crippen LogP contribution in [0.15, 0.2) is 9.59 Å². The van der Waals surface area contributed by atoms with Crippen molar-refractivity contribution in [1.82, 2.24) is 9.55 Å². The van der Waals surface area contributed by atoms with E-state index in [4.69, 9.17) is 21.4 Å². The fourth-order valence-corrected chi connectivity index (χ4v) is 2.27. The van der Waals surface area contributed by atoms with Gasteiger partial charge >= 0.3 is 5.69 Å². The van der Waals surface area contributed by atoms with Gasteiger partial charge in [-0.3, -0.25) is 14.3 Å². The fraction of sp³-hybridized carbons (Fsp3) is 0.692. The number of rotatable bonds is 2. The first-order valence-corrected chi connectivity index (χ1v) is 7.28. The predicted molar refractivity (Wildman–Crippen MR) is 80.0 cm³/mol. The van der Waals surface area contributed by atoms with Crippen molar-refractivity contribution in [2.24, 2.45) is 7.05 Å². The van der Waals surface area contributed by atoms with E-state index in [0.717, 1.165) is 4.57 Å². The van der Waals surface area contributed by atoms with Crippen molar-refractivity contribution in [3.63, 3.8) is 0 Å². The Morgan fingerprint density at radius 3 is 2.27 bits per heavy atom. The van der Waals surface area contributed by atoms with Crippen LogP contribution in [0, 0.1) is 0 Å². The van der Waals surface area contributed by atoms with Crippen LogP contribution in [-0.4, -0.2) is 49.8 Å². The molecule has 0 bridgehead atoms. The molecule has 1 aliphatic rings. The molecule has 1 aromatic heterocycles. The summed E-state index contributed by atoms with van der Waals surface area (Å²) in [4.78, 5) is 25.1. The first-order valence-electron chi connectivity index (χ1n) is 6.91. The molecule has 2 rings (SSSR count). The molecule has 0 amide bonds.